The summed E-state index contributed by atoms with van der Waals surface area (Å²) in [7, 11) is 0. The summed E-state index contributed by atoms with van der Waals surface area (Å²) in [6.45, 7) is 7.63. The van der Waals surface area contributed by atoms with Gasteiger partial charge < -0.3 is 8.98 Å². The molecule has 218 valence electrons. The molecule has 0 saturated heterocycles. The Bertz CT molecular complexity index is 2880. The number of nitrogens with zero attached hydrogens (tertiary/aromatic N) is 5. The summed E-state index contributed by atoms with van der Waals surface area (Å²) in [4.78, 5) is 14.3. The molecule has 0 fully saturated rings. The van der Waals surface area contributed by atoms with Gasteiger partial charge in [-0.05, 0) is 60.0 Å². The molecule has 4 aromatic heterocycles. The van der Waals surface area contributed by atoms with Crippen molar-refractivity contribution in [1.29, 1.82) is 0 Å². The molecular weight excluding hydrogens is 578 g/mol. The van der Waals surface area contributed by atoms with Gasteiger partial charge in [0.1, 0.15) is 11.1 Å². The fraction of sp³-hybridized carbons (Fsp3) is 0. The number of rotatable bonds is 3. The predicted molar refractivity (Wildman–Crippen MR) is 190 cm³/mol. The van der Waals surface area contributed by atoms with Crippen LogP contribution in [-0.2, 0) is 0 Å². The Labute approximate surface area is 268 Å². The first-order chi connectivity index (χ1) is 23.3. The summed E-state index contributed by atoms with van der Waals surface area (Å²) in [5.74, 6) is 1.29. The smallest absolute Gasteiger partial charge is 0.197 e. The number of benzene rings is 6. The van der Waals surface area contributed by atoms with E-state index in [0.29, 0.717) is 22.9 Å². The molecule has 0 spiro atoms. The lowest BCUT2D eigenvalue weighted by Crippen LogP contribution is -2.04. The number of hydrogen-bond donors (Lipinski definition) is 0. The molecule has 6 heteroatoms. The van der Waals surface area contributed by atoms with E-state index in [1.54, 1.807) is 0 Å². The van der Waals surface area contributed by atoms with E-state index >= 15 is 0 Å². The maximum atomic E-state index is 7.63. The van der Waals surface area contributed by atoms with Crippen molar-refractivity contribution in [3.05, 3.63) is 151 Å². The molecule has 4 heterocycles. The number of para-hydroxylation sites is 5. The molecular formula is C41H23N5O. The van der Waals surface area contributed by atoms with E-state index in [-0.39, 0.29) is 0 Å². The highest BCUT2D eigenvalue weighted by Crippen LogP contribution is 2.40. The van der Waals surface area contributed by atoms with Crippen molar-refractivity contribution in [1.82, 2.24) is 19.1 Å². The zero-order chi connectivity index (χ0) is 31.1. The minimum Gasteiger partial charge on any atom is -0.450 e. The largest absolute Gasteiger partial charge is 0.450 e. The molecule has 0 unspecified atom stereocenters. The first-order valence-electron chi connectivity index (χ1n) is 15.5. The zero-order valence-electron chi connectivity index (χ0n) is 24.9. The Morgan fingerprint density at radius 2 is 1.11 bits per heavy atom. The van der Waals surface area contributed by atoms with Crippen LogP contribution in [0.2, 0.25) is 0 Å². The Morgan fingerprint density at radius 1 is 0.532 bits per heavy atom. The summed E-state index contributed by atoms with van der Waals surface area (Å²) < 4.78 is 11.0. The molecule has 0 radical (unpaired) electrons. The van der Waals surface area contributed by atoms with Crippen LogP contribution in [0.1, 0.15) is 0 Å². The van der Waals surface area contributed by atoms with Gasteiger partial charge in [0.15, 0.2) is 22.9 Å². The Kier molecular flexibility index (Phi) is 5.25. The molecule has 47 heavy (non-hydrogen) atoms. The minimum absolute atomic E-state index is 0.597. The fourth-order valence-electron chi connectivity index (χ4n) is 7.15. The zero-order valence-corrected chi connectivity index (χ0v) is 24.9. The van der Waals surface area contributed by atoms with E-state index in [0.717, 1.165) is 71.3 Å². The first-order valence-corrected chi connectivity index (χ1v) is 15.5. The summed E-state index contributed by atoms with van der Waals surface area (Å²) in [5, 5.41) is 5.36. The molecule has 0 saturated carbocycles. The molecule has 10 rings (SSSR count). The van der Waals surface area contributed by atoms with Gasteiger partial charge >= 0.3 is 0 Å². The molecule has 6 nitrogen and oxygen atoms in total. The highest BCUT2D eigenvalue weighted by Gasteiger charge is 2.23. The van der Waals surface area contributed by atoms with E-state index < -0.39 is 0 Å². The van der Waals surface area contributed by atoms with Gasteiger partial charge in [-0.1, -0.05) is 84.9 Å². The van der Waals surface area contributed by atoms with Crippen LogP contribution in [0, 0.1) is 6.57 Å². The average Bonchev–Trinajstić information content (AvgIpc) is 3.79. The number of hydrogen-bond acceptors (Lipinski definition) is 3. The van der Waals surface area contributed by atoms with Gasteiger partial charge in [0.2, 0.25) is 0 Å². The lowest BCUT2D eigenvalue weighted by atomic mass is 10.1. The summed E-state index contributed by atoms with van der Waals surface area (Å²) in [6, 6.07) is 47.4. The molecule has 6 aromatic carbocycles. The van der Waals surface area contributed by atoms with Crippen LogP contribution >= 0.6 is 0 Å². The van der Waals surface area contributed by atoms with Crippen LogP contribution in [0.3, 0.4) is 0 Å². The van der Waals surface area contributed by atoms with Crippen molar-refractivity contribution in [3.63, 3.8) is 0 Å². The van der Waals surface area contributed by atoms with Gasteiger partial charge in [0, 0.05) is 27.1 Å². The third kappa shape index (κ3) is 3.59. The lowest BCUT2D eigenvalue weighted by Gasteiger charge is -2.14. The minimum atomic E-state index is 0.597. The third-order valence-corrected chi connectivity index (χ3v) is 9.16. The predicted octanol–water partition coefficient (Wildman–Crippen LogP) is 10.8. The standard InChI is InChI=1S/C41H23N5O/c1-42-25-22-23-36-31(24-25)28-14-4-7-17-32(28)45(36)35-20-10-5-15-29(35)40-43-38-30-16-6-11-21-37(30)47-39(38)41(44-40)46-33-18-8-2-12-26(33)27-13-3-9-19-34(27)46/h2-24H. The van der Waals surface area contributed by atoms with E-state index in [1.807, 2.05) is 54.6 Å². The van der Waals surface area contributed by atoms with Gasteiger partial charge in [-0.15, -0.1) is 0 Å². The SMILES string of the molecule is [C-]#[N+]c1ccc2c(c1)c1ccccc1n2-c1ccccc1-c1nc(-n2c3ccccc3c3ccccc32)c2oc3ccccc3c2n1. The summed E-state index contributed by atoms with van der Waals surface area (Å²) >= 11 is 0. The topological polar surface area (TPSA) is 53.1 Å². The van der Waals surface area contributed by atoms with Crippen LogP contribution in [-0.4, -0.2) is 19.1 Å². The van der Waals surface area contributed by atoms with Crippen LogP contribution in [0.4, 0.5) is 5.69 Å². The van der Waals surface area contributed by atoms with Gasteiger partial charge in [0.25, 0.3) is 0 Å². The third-order valence-electron chi connectivity index (χ3n) is 9.16. The Balaban J connectivity index is 1.33. The lowest BCUT2D eigenvalue weighted by molar-refractivity contribution is 0.662. The van der Waals surface area contributed by atoms with Gasteiger partial charge in [-0.3, -0.25) is 4.57 Å². The van der Waals surface area contributed by atoms with Gasteiger partial charge in [0.05, 0.1) is 34.3 Å². The van der Waals surface area contributed by atoms with Crippen molar-refractivity contribution < 1.29 is 4.42 Å². The monoisotopic (exact) mass is 601 g/mol. The number of aromatic nitrogens is 4. The number of fused-ring (bicyclic) bond motifs is 9. The number of furan rings is 1. The van der Waals surface area contributed by atoms with Crippen LogP contribution < -0.4 is 0 Å². The van der Waals surface area contributed by atoms with Crippen LogP contribution in [0.25, 0.3) is 93.4 Å². The highest BCUT2D eigenvalue weighted by molar-refractivity contribution is 6.13. The maximum absolute atomic E-state index is 7.63. The quantitative estimate of drug-likeness (QED) is 0.189. The fourth-order valence-corrected chi connectivity index (χ4v) is 7.15. The van der Waals surface area contributed by atoms with Gasteiger partial charge in [-0.2, -0.15) is 0 Å². The Morgan fingerprint density at radius 3 is 1.83 bits per heavy atom. The first kappa shape index (κ1) is 25.6. The summed E-state index contributed by atoms with van der Waals surface area (Å²) in [6.07, 6.45) is 0. The van der Waals surface area contributed by atoms with E-state index in [9.17, 15) is 0 Å². The molecule has 0 aliphatic heterocycles. The molecule has 0 aliphatic carbocycles. The van der Waals surface area contributed by atoms with Crippen molar-refractivity contribution in [3.8, 4) is 22.9 Å². The van der Waals surface area contributed by atoms with E-state index in [2.05, 4.69) is 98.9 Å². The molecule has 10 aromatic rings. The van der Waals surface area contributed by atoms with Crippen molar-refractivity contribution >= 4 is 71.4 Å². The second-order valence-electron chi connectivity index (χ2n) is 11.7. The summed E-state index contributed by atoms with van der Waals surface area (Å²) in [5.41, 5.74) is 8.79. The van der Waals surface area contributed by atoms with E-state index in [4.69, 9.17) is 21.0 Å². The molecule has 0 amide bonds. The van der Waals surface area contributed by atoms with Gasteiger partial charge in [-0.25, -0.2) is 14.8 Å². The molecule has 0 N–H and O–H groups in total. The van der Waals surface area contributed by atoms with E-state index in [1.165, 1.54) is 0 Å². The normalized spacial score (nSPS) is 11.8. The van der Waals surface area contributed by atoms with Crippen molar-refractivity contribution in [2.24, 2.45) is 0 Å². The highest BCUT2D eigenvalue weighted by atomic mass is 16.3. The molecule has 0 aliphatic rings. The second kappa shape index (κ2) is 9.64. The maximum Gasteiger partial charge on any atom is 0.197 e. The van der Waals surface area contributed by atoms with Crippen molar-refractivity contribution in [2.75, 3.05) is 0 Å². The average molecular weight is 602 g/mol. The molecule has 0 atom stereocenters. The second-order valence-corrected chi connectivity index (χ2v) is 11.7. The van der Waals surface area contributed by atoms with Crippen LogP contribution in [0.5, 0.6) is 0 Å². The van der Waals surface area contributed by atoms with Crippen molar-refractivity contribution in [2.45, 2.75) is 0 Å². The van der Waals surface area contributed by atoms with Crippen LogP contribution in [0.15, 0.2) is 144 Å². The molecule has 0 bridgehead atoms. The Hall–Kier alpha value is -6.71.